The van der Waals surface area contributed by atoms with Crippen molar-refractivity contribution in [1.82, 2.24) is 5.32 Å². The zero-order valence-electron chi connectivity index (χ0n) is 19.9. The predicted octanol–water partition coefficient (Wildman–Crippen LogP) is 3.87. The van der Waals surface area contributed by atoms with Crippen LogP contribution in [0.3, 0.4) is 0 Å². The number of halogens is 1. The van der Waals surface area contributed by atoms with E-state index in [1.807, 2.05) is 0 Å². The summed E-state index contributed by atoms with van der Waals surface area (Å²) < 4.78 is 35.6. The highest BCUT2D eigenvalue weighted by Gasteiger charge is 2.37. The molecule has 1 heterocycles. The van der Waals surface area contributed by atoms with Gasteiger partial charge in [-0.3, -0.25) is 14.9 Å². The third-order valence-electron chi connectivity index (χ3n) is 5.43. The van der Waals surface area contributed by atoms with Crippen LogP contribution in [0.2, 0.25) is 5.02 Å². The summed E-state index contributed by atoms with van der Waals surface area (Å²) in [6, 6.07) is 14.3. The van der Waals surface area contributed by atoms with E-state index in [-0.39, 0.29) is 32.5 Å². The van der Waals surface area contributed by atoms with Crippen LogP contribution in [0, 0.1) is 6.92 Å². The molecular formula is C26H19ClN2O8S. The van der Waals surface area contributed by atoms with Crippen molar-refractivity contribution in [2.45, 2.75) is 11.8 Å². The molecule has 1 fully saturated rings. The monoisotopic (exact) mass is 554 g/mol. The maximum absolute atomic E-state index is 13.3. The largest absolute Gasteiger partial charge is 0.465 e. The number of methoxy groups -OCH3 is 1. The first-order valence-electron chi connectivity index (χ1n) is 10.9. The number of carbonyl (C=O) groups excluding carboxylic acids is 4. The minimum Gasteiger partial charge on any atom is -0.465 e. The fourth-order valence-corrected chi connectivity index (χ4v) is 4.63. The number of rotatable bonds is 6. The summed E-state index contributed by atoms with van der Waals surface area (Å²) in [6.07, 6.45) is 1.08. The topological polar surface area (TPSA) is 136 Å². The molecule has 0 spiro atoms. The maximum Gasteiger partial charge on any atom is 0.339 e. The minimum absolute atomic E-state index is 0.00187. The Hall–Kier alpha value is -4.48. The lowest BCUT2D eigenvalue weighted by Gasteiger charge is -2.26. The number of hydrogen-bond donors (Lipinski definition) is 1. The highest BCUT2D eigenvalue weighted by molar-refractivity contribution is 7.87. The van der Waals surface area contributed by atoms with Crippen molar-refractivity contribution in [3.8, 4) is 5.75 Å². The molecule has 0 bridgehead atoms. The number of nitrogens with zero attached hydrogens (tertiary/aromatic N) is 1. The van der Waals surface area contributed by atoms with Gasteiger partial charge < -0.3 is 8.92 Å². The van der Waals surface area contributed by atoms with Crippen molar-refractivity contribution in [3.63, 3.8) is 0 Å². The van der Waals surface area contributed by atoms with Crippen LogP contribution >= 0.6 is 11.6 Å². The van der Waals surface area contributed by atoms with Crippen LogP contribution in [-0.4, -0.2) is 39.3 Å². The van der Waals surface area contributed by atoms with Crippen LogP contribution in [0.4, 0.5) is 10.5 Å². The molecule has 38 heavy (non-hydrogen) atoms. The molecule has 1 N–H and O–H groups in total. The van der Waals surface area contributed by atoms with Crippen LogP contribution in [-0.2, 0) is 24.4 Å². The summed E-state index contributed by atoms with van der Waals surface area (Å²) in [6.45, 7) is 1.80. The smallest absolute Gasteiger partial charge is 0.339 e. The van der Waals surface area contributed by atoms with Gasteiger partial charge in [0.2, 0.25) is 0 Å². The number of carbonyl (C=O) groups is 4. The van der Waals surface area contributed by atoms with E-state index in [0.717, 1.165) is 11.6 Å². The molecule has 0 radical (unpaired) electrons. The van der Waals surface area contributed by atoms with Gasteiger partial charge in [-0.2, -0.15) is 8.42 Å². The lowest BCUT2D eigenvalue weighted by molar-refractivity contribution is -0.122. The third kappa shape index (κ3) is 5.43. The fourth-order valence-electron chi connectivity index (χ4n) is 3.49. The van der Waals surface area contributed by atoms with Gasteiger partial charge in [-0.05, 0) is 67.6 Å². The molecule has 3 aromatic rings. The standard InChI is InChI=1S/C26H19ClN2O8S/c1-15-3-10-20(11-4-15)38(34,35)37-22-12-7-18(27)13-17(22)14-21-23(30)28-26(33)29(24(21)31)19-8-5-16(6-9-19)25(32)36-2/h3-14H,1-2H3,(H,28,30,33)/b21-14+. The Labute approximate surface area is 222 Å². The van der Waals surface area contributed by atoms with Gasteiger partial charge in [0, 0.05) is 10.6 Å². The lowest BCUT2D eigenvalue weighted by Crippen LogP contribution is -2.54. The average molecular weight is 555 g/mol. The zero-order chi connectivity index (χ0) is 27.6. The molecule has 0 atom stereocenters. The molecule has 1 aliphatic rings. The minimum atomic E-state index is -4.27. The summed E-state index contributed by atoms with van der Waals surface area (Å²) in [4.78, 5) is 50.7. The number of nitrogens with one attached hydrogen (secondary N) is 1. The first kappa shape index (κ1) is 26.6. The molecule has 0 aliphatic carbocycles. The Morgan fingerprint density at radius 3 is 2.26 bits per heavy atom. The van der Waals surface area contributed by atoms with Gasteiger partial charge in [-0.15, -0.1) is 0 Å². The van der Waals surface area contributed by atoms with E-state index >= 15 is 0 Å². The second-order valence-corrected chi connectivity index (χ2v) is 10.0. The van der Waals surface area contributed by atoms with E-state index in [9.17, 15) is 27.6 Å². The van der Waals surface area contributed by atoms with Crippen molar-refractivity contribution in [2.75, 3.05) is 12.0 Å². The lowest BCUT2D eigenvalue weighted by atomic mass is 10.1. The Balaban J connectivity index is 1.71. The number of urea groups is 1. The van der Waals surface area contributed by atoms with E-state index in [1.165, 1.54) is 61.7 Å². The average Bonchev–Trinajstić information content (AvgIpc) is 2.88. The summed E-state index contributed by atoms with van der Waals surface area (Å²) in [5, 5.41) is 2.24. The van der Waals surface area contributed by atoms with Crippen molar-refractivity contribution in [2.24, 2.45) is 0 Å². The normalized spacial score (nSPS) is 14.9. The molecule has 0 saturated carbocycles. The molecular weight excluding hydrogens is 536 g/mol. The van der Waals surface area contributed by atoms with E-state index in [0.29, 0.717) is 4.90 Å². The van der Waals surface area contributed by atoms with E-state index < -0.39 is 39.5 Å². The summed E-state index contributed by atoms with van der Waals surface area (Å²) in [5.74, 6) is -2.81. The molecule has 4 rings (SSSR count). The fraction of sp³-hybridized carbons (Fsp3) is 0.0769. The molecule has 3 aromatic carbocycles. The van der Waals surface area contributed by atoms with Gasteiger partial charge in [-0.25, -0.2) is 14.5 Å². The zero-order valence-corrected chi connectivity index (χ0v) is 21.5. The molecule has 10 nitrogen and oxygen atoms in total. The molecule has 1 aliphatic heterocycles. The van der Waals surface area contributed by atoms with Gasteiger partial charge >= 0.3 is 22.1 Å². The maximum atomic E-state index is 13.3. The summed E-state index contributed by atoms with van der Waals surface area (Å²) >= 11 is 6.09. The summed E-state index contributed by atoms with van der Waals surface area (Å²) in [7, 11) is -3.06. The number of esters is 1. The van der Waals surface area contributed by atoms with Crippen molar-refractivity contribution in [1.29, 1.82) is 0 Å². The number of benzene rings is 3. The van der Waals surface area contributed by atoms with Gasteiger partial charge in [-0.1, -0.05) is 29.3 Å². The van der Waals surface area contributed by atoms with E-state index in [2.05, 4.69) is 10.1 Å². The molecule has 194 valence electrons. The number of anilines is 1. The van der Waals surface area contributed by atoms with Crippen LogP contribution in [0.1, 0.15) is 21.5 Å². The quantitative estimate of drug-likeness (QED) is 0.210. The Kier molecular flexibility index (Phi) is 7.33. The molecule has 12 heteroatoms. The Morgan fingerprint density at radius 2 is 1.63 bits per heavy atom. The number of amides is 4. The predicted molar refractivity (Wildman–Crippen MR) is 137 cm³/mol. The number of barbiturate groups is 1. The highest BCUT2D eigenvalue weighted by Crippen LogP contribution is 2.30. The van der Waals surface area contributed by atoms with Gasteiger partial charge in [0.25, 0.3) is 11.8 Å². The number of ether oxygens (including phenoxy) is 1. The first-order valence-corrected chi connectivity index (χ1v) is 12.7. The second kappa shape index (κ2) is 10.5. The van der Waals surface area contributed by atoms with Gasteiger partial charge in [0.05, 0.1) is 18.4 Å². The highest BCUT2D eigenvalue weighted by atomic mass is 35.5. The van der Waals surface area contributed by atoms with Crippen LogP contribution < -0.4 is 14.4 Å². The van der Waals surface area contributed by atoms with Crippen LogP contribution in [0.15, 0.2) is 77.2 Å². The van der Waals surface area contributed by atoms with Crippen molar-refractivity contribution < 1.29 is 36.5 Å². The van der Waals surface area contributed by atoms with Crippen LogP contribution in [0.5, 0.6) is 5.75 Å². The van der Waals surface area contributed by atoms with Crippen molar-refractivity contribution in [3.05, 3.63) is 94.0 Å². The van der Waals surface area contributed by atoms with E-state index in [1.54, 1.807) is 19.1 Å². The molecule has 0 aromatic heterocycles. The second-order valence-electron chi connectivity index (χ2n) is 8.03. The number of aryl methyl sites for hydroxylation is 1. The third-order valence-corrected chi connectivity index (χ3v) is 6.91. The van der Waals surface area contributed by atoms with E-state index in [4.69, 9.17) is 15.8 Å². The molecule has 0 unspecified atom stereocenters. The SMILES string of the molecule is COC(=O)c1ccc(N2C(=O)NC(=O)/C(=C\c3cc(Cl)ccc3OS(=O)(=O)c3ccc(C)cc3)C2=O)cc1. The number of imide groups is 2. The number of hydrogen-bond acceptors (Lipinski definition) is 8. The first-order chi connectivity index (χ1) is 18.0. The summed E-state index contributed by atoms with van der Waals surface area (Å²) in [5.41, 5.74) is 0.622. The van der Waals surface area contributed by atoms with Gasteiger partial charge in [0.1, 0.15) is 16.2 Å². The Bertz CT molecular complexity index is 1600. The molecule has 1 saturated heterocycles. The Morgan fingerprint density at radius 1 is 0.974 bits per heavy atom. The van der Waals surface area contributed by atoms with Crippen molar-refractivity contribution >= 4 is 57.3 Å². The van der Waals surface area contributed by atoms with Gasteiger partial charge in [0.15, 0.2) is 0 Å². The molecule has 4 amide bonds. The van der Waals surface area contributed by atoms with Crippen LogP contribution in [0.25, 0.3) is 6.08 Å².